The quantitative estimate of drug-likeness (QED) is 0.624. The van der Waals surface area contributed by atoms with Gasteiger partial charge in [0.1, 0.15) is 0 Å². The van der Waals surface area contributed by atoms with Crippen LogP contribution < -0.4 is 5.32 Å². The molecule has 0 aromatic rings. The molecule has 72 valence electrons. The lowest BCUT2D eigenvalue weighted by Crippen LogP contribution is -2.34. The van der Waals surface area contributed by atoms with Crippen molar-refractivity contribution in [1.29, 1.82) is 0 Å². The van der Waals surface area contributed by atoms with Crippen molar-refractivity contribution in [3.63, 3.8) is 0 Å². The maximum absolute atomic E-state index is 3.86. The van der Waals surface area contributed by atoms with Crippen molar-refractivity contribution in [2.75, 3.05) is 13.1 Å². The second-order valence-corrected chi connectivity index (χ2v) is 4.70. The summed E-state index contributed by atoms with van der Waals surface area (Å²) in [4.78, 5) is 0. The molecule has 0 atom stereocenters. The Bertz CT molecular complexity index is 145. The molecule has 0 aliphatic carbocycles. The van der Waals surface area contributed by atoms with Crippen molar-refractivity contribution in [3.8, 4) is 0 Å². The zero-order chi connectivity index (χ0) is 9.78. The lowest BCUT2D eigenvalue weighted by atomic mass is 9.81. The molecule has 1 nitrogen and oxygen atoms in total. The number of rotatable bonds is 5. The topological polar surface area (TPSA) is 12.0 Å². The Balaban J connectivity index is 3.69. The van der Waals surface area contributed by atoms with Crippen molar-refractivity contribution < 1.29 is 0 Å². The highest BCUT2D eigenvalue weighted by molar-refractivity contribution is 4.91. The Morgan fingerprint density at radius 1 is 1.42 bits per heavy atom. The second kappa shape index (κ2) is 4.66. The zero-order valence-electron chi connectivity index (χ0n) is 9.20. The number of nitrogens with one attached hydrogen (secondary N) is 1. The first-order valence-corrected chi connectivity index (χ1v) is 4.71. The molecule has 0 aromatic heterocycles. The second-order valence-electron chi connectivity index (χ2n) is 4.70. The predicted octanol–water partition coefficient (Wildman–Crippen LogP) is 2.83. The van der Waals surface area contributed by atoms with E-state index in [-0.39, 0.29) is 0 Å². The van der Waals surface area contributed by atoms with Gasteiger partial charge in [0.25, 0.3) is 0 Å². The third-order valence-electron chi connectivity index (χ3n) is 2.57. The number of hydrogen-bond acceptors (Lipinski definition) is 1. The fourth-order valence-electron chi connectivity index (χ4n) is 0.802. The fraction of sp³-hybridized carbons (Fsp3) is 0.818. The first-order valence-electron chi connectivity index (χ1n) is 4.71. The minimum atomic E-state index is 0.384. The van der Waals surface area contributed by atoms with E-state index in [0.29, 0.717) is 5.41 Å². The predicted molar refractivity (Wildman–Crippen MR) is 56.3 cm³/mol. The van der Waals surface area contributed by atoms with E-state index in [1.54, 1.807) is 0 Å². The average Bonchev–Trinajstić information content (AvgIpc) is 1.85. The smallest absolute Gasteiger partial charge is 0.0159 e. The Morgan fingerprint density at radius 2 is 1.92 bits per heavy atom. The van der Waals surface area contributed by atoms with Crippen LogP contribution in [0.2, 0.25) is 0 Å². The molecule has 1 N–H and O–H groups in total. The minimum Gasteiger partial charge on any atom is -0.312 e. The fourth-order valence-corrected chi connectivity index (χ4v) is 0.802. The van der Waals surface area contributed by atoms with Gasteiger partial charge in [0.15, 0.2) is 0 Å². The molecule has 0 saturated carbocycles. The molecule has 0 fully saturated rings. The first kappa shape index (κ1) is 11.7. The van der Waals surface area contributed by atoms with Gasteiger partial charge in [0, 0.05) is 13.1 Å². The van der Waals surface area contributed by atoms with Crippen molar-refractivity contribution in [2.45, 2.75) is 34.6 Å². The molecule has 0 aliphatic rings. The van der Waals surface area contributed by atoms with E-state index in [1.165, 1.54) is 5.57 Å². The molecular weight excluding hydrogens is 146 g/mol. The van der Waals surface area contributed by atoms with E-state index in [0.717, 1.165) is 19.0 Å². The maximum Gasteiger partial charge on any atom is 0.0159 e. The Kier molecular flexibility index (Phi) is 4.54. The Labute approximate surface area is 77.2 Å². The molecular formula is C11H23N. The third kappa shape index (κ3) is 4.55. The van der Waals surface area contributed by atoms with E-state index >= 15 is 0 Å². The van der Waals surface area contributed by atoms with Crippen LogP contribution in [0.25, 0.3) is 0 Å². The van der Waals surface area contributed by atoms with Gasteiger partial charge in [0.05, 0.1) is 0 Å². The molecule has 0 bridgehead atoms. The van der Waals surface area contributed by atoms with Gasteiger partial charge in [-0.25, -0.2) is 0 Å². The van der Waals surface area contributed by atoms with Crippen LogP contribution in [0.1, 0.15) is 34.6 Å². The normalized spacial score (nSPS) is 12.2. The van der Waals surface area contributed by atoms with E-state index in [2.05, 4.69) is 46.5 Å². The third-order valence-corrected chi connectivity index (χ3v) is 2.57. The van der Waals surface area contributed by atoms with Crippen LogP contribution in [-0.4, -0.2) is 13.1 Å². The lowest BCUT2D eigenvalue weighted by Gasteiger charge is -2.29. The summed E-state index contributed by atoms with van der Waals surface area (Å²) in [6.07, 6.45) is 0. The summed E-state index contributed by atoms with van der Waals surface area (Å²) >= 11 is 0. The largest absolute Gasteiger partial charge is 0.312 e. The van der Waals surface area contributed by atoms with Gasteiger partial charge < -0.3 is 5.32 Å². The SMILES string of the molecule is C=C(C)CNCC(C)(C)C(C)C. The highest BCUT2D eigenvalue weighted by Gasteiger charge is 2.21. The lowest BCUT2D eigenvalue weighted by molar-refractivity contribution is 0.241. The molecule has 0 unspecified atom stereocenters. The van der Waals surface area contributed by atoms with Crippen LogP contribution in [0.4, 0.5) is 0 Å². The molecule has 0 aliphatic heterocycles. The molecule has 0 saturated heterocycles. The van der Waals surface area contributed by atoms with Crippen molar-refractivity contribution >= 4 is 0 Å². The average molecular weight is 169 g/mol. The highest BCUT2D eigenvalue weighted by atomic mass is 14.9. The standard InChI is InChI=1S/C11H23N/c1-9(2)7-12-8-11(5,6)10(3)4/h10,12H,1,7-8H2,2-6H3. The maximum atomic E-state index is 3.86. The van der Waals surface area contributed by atoms with Crippen molar-refractivity contribution in [2.24, 2.45) is 11.3 Å². The van der Waals surface area contributed by atoms with Crippen LogP contribution in [0.15, 0.2) is 12.2 Å². The molecule has 0 spiro atoms. The van der Waals surface area contributed by atoms with Crippen LogP contribution in [0, 0.1) is 11.3 Å². The van der Waals surface area contributed by atoms with Gasteiger partial charge in [-0.05, 0) is 18.3 Å². The molecule has 12 heavy (non-hydrogen) atoms. The summed E-state index contributed by atoms with van der Waals surface area (Å²) in [6, 6.07) is 0. The van der Waals surface area contributed by atoms with Crippen molar-refractivity contribution in [1.82, 2.24) is 5.32 Å². The summed E-state index contributed by atoms with van der Waals surface area (Å²) in [6.45, 7) is 17.0. The highest BCUT2D eigenvalue weighted by Crippen LogP contribution is 2.24. The minimum absolute atomic E-state index is 0.384. The molecule has 1 heteroatoms. The summed E-state index contributed by atoms with van der Waals surface area (Å²) in [5.74, 6) is 0.718. The van der Waals surface area contributed by atoms with Crippen LogP contribution in [-0.2, 0) is 0 Å². The van der Waals surface area contributed by atoms with Gasteiger partial charge in [0.2, 0.25) is 0 Å². The zero-order valence-corrected chi connectivity index (χ0v) is 9.20. The summed E-state index contributed by atoms with van der Waals surface area (Å²) in [7, 11) is 0. The monoisotopic (exact) mass is 169 g/mol. The molecule has 0 aromatic carbocycles. The van der Waals surface area contributed by atoms with Gasteiger partial charge >= 0.3 is 0 Å². The molecule has 0 amide bonds. The van der Waals surface area contributed by atoms with Gasteiger partial charge in [-0.1, -0.05) is 39.8 Å². The van der Waals surface area contributed by atoms with Crippen LogP contribution >= 0.6 is 0 Å². The van der Waals surface area contributed by atoms with Gasteiger partial charge in [-0.3, -0.25) is 0 Å². The molecule has 0 rings (SSSR count). The van der Waals surface area contributed by atoms with Crippen LogP contribution in [0.3, 0.4) is 0 Å². The van der Waals surface area contributed by atoms with Gasteiger partial charge in [-0.15, -0.1) is 0 Å². The Morgan fingerprint density at radius 3 is 2.25 bits per heavy atom. The van der Waals surface area contributed by atoms with E-state index in [9.17, 15) is 0 Å². The number of hydrogen-bond donors (Lipinski definition) is 1. The molecule has 0 heterocycles. The first-order chi connectivity index (χ1) is 5.36. The van der Waals surface area contributed by atoms with E-state index in [1.807, 2.05) is 0 Å². The van der Waals surface area contributed by atoms with Gasteiger partial charge in [-0.2, -0.15) is 0 Å². The summed E-state index contributed by atoms with van der Waals surface area (Å²) in [5.41, 5.74) is 1.59. The van der Waals surface area contributed by atoms with E-state index < -0.39 is 0 Å². The molecule has 0 radical (unpaired) electrons. The van der Waals surface area contributed by atoms with Crippen molar-refractivity contribution in [3.05, 3.63) is 12.2 Å². The summed E-state index contributed by atoms with van der Waals surface area (Å²) in [5, 5.41) is 3.41. The Hall–Kier alpha value is -0.300. The van der Waals surface area contributed by atoms with Crippen LogP contribution in [0.5, 0.6) is 0 Å². The van der Waals surface area contributed by atoms with E-state index in [4.69, 9.17) is 0 Å². The summed E-state index contributed by atoms with van der Waals surface area (Å²) < 4.78 is 0.